The fourth-order valence-electron chi connectivity index (χ4n) is 2.98. The van der Waals surface area contributed by atoms with Gasteiger partial charge < -0.3 is 11.1 Å². The van der Waals surface area contributed by atoms with Crippen molar-refractivity contribution >= 4 is 17.7 Å². The van der Waals surface area contributed by atoms with Crippen molar-refractivity contribution in [2.24, 2.45) is 17.1 Å². The lowest BCUT2D eigenvalue weighted by molar-refractivity contribution is -0.137. The van der Waals surface area contributed by atoms with Gasteiger partial charge in [-0.15, -0.1) is 0 Å². The zero-order valence-electron chi connectivity index (χ0n) is 17.2. The van der Waals surface area contributed by atoms with Gasteiger partial charge in [-0.05, 0) is 42.4 Å². The molecule has 1 rings (SSSR count). The summed E-state index contributed by atoms with van der Waals surface area (Å²) >= 11 is 0. The summed E-state index contributed by atoms with van der Waals surface area (Å²) in [7, 11) is 0. The number of alkyl halides is 3. The van der Waals surface area contributed by atoms with Crippen LogP contribution >= 0.6 is 0 Å². The van der Waals surface area contributed by atoms with E-state index in [9.17, 15) is 27.6 Å². The zero-order chi connectivity index (χ0) is 23.1. The summed E-state index contributed by atoms with van der Waals surface area (Å²) in [6.45, 7) is 5.17. The second-order valence-electron chi connectivity index (χ2n) is 8.23. The fourth-order valence-corrected chi connectivity index (χ4v) is 2.98. The highest BCUT2D eigenvalue weighted by Crippen LogP contribution is 2.29. The summed E-state index contributed by atoms with van der Waals surface area (Å²) in [5.74, 6) is -2.90. The van der Waals surface area contributed by atoms with Crippen molar-refractivity contribution in [1.29, 1.82) is 0 Å². The minimum absolute atomic E-state index is 0.218. The lowest BCUT2D eigenvalue weighted by Gasteiger charge is -2.30. The Morgan fingerprint density at radius 3 is 2.10 bits per heavy atom. The average molecular weight is 431 g/mol. The van der Waals surface area contributed by atoms with Gasteiger partial charge in [-0.25, -0.2) is 5.48 Å². The maximum absolute atomic E-state index is 12.6. The molecule has 168 valence electrons. The minimum Gasteiger partial charge on any atom is -0.368 e. The van der Waals surface area contributed by atoms with Crippen LogP contribution < -0.4 is 16.5 Å². The van der Waals surface area contributed by atoms with Crippen molar-refractivity contribution in [1.82, 2.24) is 10.8 Å². The van der Waals surface area contributed by atoms with Gasteiger partial charge in [0.1, 0.15) is 6.04 Å². The number of rotatable bonds is 9. The average Bonchev–Trinajstić information content (AvgIpc) is 2.63. The number of aryl methyl sites for hydroxylation is 1. The second kappa shape index (κ2) is 10.4. The van der Waals surface area contributed by atoms with Gasteiger partial charge in [0.25, 0.3) is 0 Å². The molecule has 0 fully saturated rings. The van der Waals surface area contributed by atoms with Gasteiger partial charge >= 0.3 is 6.18 Å². The summed E-state index contributed by atoms with van der Waals surface area (Å²) in [6.07, 6.45) is -3.72. The summed E-state index contributed by atoms with van der Waals surface area (Å²) in [6, 6.07) is 3.74. The van der Waals surface area contributed by atoms with Gasteiger partial charge in [-0.1, -0.05) is 32.9 Å². The molecule has 0 aromatic heterocycles. The first kappa shape index (κ1) is 25.4. The summed E-state index contributed by atoms with van der Waals surface area (Å²) in [4.78, 5) is 35.9. The number of primary amides is 1. The van der Waals surface area contributed by atoms with E-state index < -0.39 is 46.8 Å². The topological polar surface area (TPSA) is 122 Å². The molecule has 0 spiro atoms. The van der Waals surface area contributed by atoms with E-state index in [1.165, 1.54) is 17.6 Å². The van der Waals surface area contributed by atoms with Crippen LogP contribution in [0.2, 0.25) is 0 Å². The number of nitrogens with one attached hydrogen (secondary N) is 2. The number of hydroxylamine groups is 1. The Labute approximate surface area is 173 Å². The first-order valence-corrected chi connectivity index (χ1v) is 9.44. The van der Waals surface area contributed by atoms with Crippen LogP contribution in [0.4, 0.5) is 13.2 Å². The number of amides is 3. The lowest BCUT2D eigenvalue weighted by atomic mass is 9.85. The number of halogens is 3. The fraction of sp³-hybridized carbons (Fsp3) is 0.550. The Morgan fingerprint density at radius 1 is 1.10 bits per heavy atom. The highest BCUT2D eigenvalue weighted by atomic mass is 19.4. The van der Waals surface area contributed by atoms with Crippen LogP contribution in [0.3, 0.4) is 0 Å². The maximum Gasteiger partial charge on any atom is 0.416 e. The quantitative estimate of drug-likeness (QED) is 0.355. The van der Waals surface area contributed by atoms with E-state index in [2.05, 4.69) is 5.32 Å². The summed E-state index contributed by atoms with van der Waals surface area (Å²) < 4.78 is 37.9. The largest absolute Gasteiger partial charge is 0.416 e. The van der Waals surface area contributed by atoms with E-state index in [0.717, 1.165) is 12.1 Å². The van der Waals surface area contributed by atoms with E-state index in [1.807, 2.05) is 0 Å². The Bertz CT molecular complexity index is 743. The van der Waals surface area contributed by atoms with Crippen molar-refractivity contribution < 1.29 is 32.8 Å². The number of hydrogen-bond acceptors (Lipinski definition) is 4. The van der Waals surface area contributed by atoms with Gasteiger partial charge in [-0.2, -0.15) is 13.2 Å². The van der Waals surface area contributed by atoms with E-state index in [-0.39, 0.29) is 12.8 Å². The van der Waals surface area contributed by atoms with Gasteiger partial charge in [0.15, 0.2) is 0 Å². The number of hydrogen-bond donors (Lipinski definition) is 4. The number of benzene rings is 1. The predicted molar refractivity (Wildman–Crippen MR) is 103 cm³/mol. The molecule has 1 aromatic rings. The Morgan fingerprint density at radius 2 is 1.67 bits per heavy atom. The molecule has 0 aliphatic carbocycles. The van der Waals surface area contributed by atoms with Crippen LogP contribution in [0.1, 0.15) is 51.2 Å². The molecule has 0 radical (unpaired) electrons. The SMILES string of the molecule is CC(C)(C)[C@H](NC(=O)[C@H](CCCc1ccc(C(F)(F)F)cc1)CC(=O)NO)C(N)=O. The molecular weight excluding hydrogens is 403 g/mol. The van der Waals surface area contributed by atoms with Crippen molar-refractivity contribution in [3.63, 3.8) is 0 Å². The summed E-state index contributed by atoms with van der Waals surface area (Å²) in [5.41, 5.74) is 6.09. The van der Waals surface area contributed by atoms with E-state index in [1.54, 1.807) is 20.8 Å². The van der Waals surface area contributed by atoms with Crippen LogP contribution in [-0.2, 0) is 27.0 Å². The highest BCUT2D eigenvalue weighted by Gasteiger charge is 2.33. The lowest BCUT2D eigenvalue weighted by Crippen LogP contribution is -2.53. The van der Waals surface area contributed by atoms with Gasteiger partial charge in [0.2, 0.25) is 17.7 Å². The third kappa shape index (κ3) is 8.02. The molecule has 0 saturated carbocycles. The first-order chi connectivity index (χ1) is 13.8. The smallest absolute Gasteiger partial charge is 0.368 e. The zero-order valence-corrected chi connectivity index (χ0v) is 17.2. The van der Waals surface area contributed by atoms with E-state index >= 15 is 0 Å². The van der Waals surface area contributed by atoms with E-state index in [0.29, 0.717) is 18.4 Å². The van der Waals surface area contributed by atoms with Gasteiger partial charge in [-0.3, -0.25) is 19.6 Å². The minimum atomic E-state index is -4.41. The monoisotopic (exact) mass is 431 g/mol. The van der Waals surface area contributed by atoms with Gasteiger partial charge in [0, 0.05) is 12.3 Å². The molecule has 1 aromatic carbocycles. The molecule has 7 nitrogen and oxygen atoms in total. The standard InChI is InChI=1S/C20H28F3N3O4/c1-19(2,3)16(17(24)28)25-18(29)13(11-15(27)26-30)6-4-5-12-7-9-14(10-8-12)20(21,22)23/h7-10,13,16,30H,4-6,11H2,1-3H3,(H2,24,28)(H,25,29)(H,26,27)/t13-,16-/m1/s1. The Kier molecular flexibility index (Phi) is 8.83. The molecule has 2 atom stereocenters. The molecule has 0 saturated heterocycles. The van der Waals surface area contributed by atoms with Crippen LogP contribution in [0.5, 0.6) is 0 Å². The van der Waals surface area contributed by atoms with Crippen LogP contribution in [0.25, 0.3) is 0 Å². The molecule has 0 unspecified atom stereocenters. The first-order valence-electron chi connectivity index (χ1n) is 9.44. The molecule has 5 N–H and O–H groups in total. The number of carbonyl (C=O) groups is 3. The second-order valence-corrected chi connectivity index (χ2v) is 8.23. The van der Waals surface area contributed by atoms with Crippen molar-refractivity contribution in [2.45, 2.75) is 58.7 Å². The molecule has 0 aliphatic heterocycles. The predicted octanol–water partition coefficient (Wildman–Crippen LogP) is 2.56. The maximum atomic E-state index is 12.6. The molecule has 3 amide bonds. The molecular formula is C20H28F3N3O4. The molecule has 10 heteroatoms. The Hall–Kier alpha value is -2.62. The molecule has 0 aliphatic rings. The molecule has 30 heavy (non-hydrogen) atoms. The van der Waals surface area contributed by atoms with Gasteiger partial charge in [0.05, 0.1) is 5.56 Å². The van der Waals surface area contributed by atoms with Crippen LogP contribution in [0, 0.1) is 11.3 Å². The highest BCUT2D eigenvalue weighted by molar-refractivity contribution is 5.90. The Balaban J connectivity index is 2.79. The van der Waals surface area contributed by atoms with Crippen molar-refractivity contribution in [3.05, 3.63) is 35.4 Å². The molecule has 0 heterocycles. The molecule has 0 bridgehead atoms. The van der Waals surface area contributed by atoms with Crippen LogP contribution in [-0.4, -0.2) is 29.0 Å². The van der Waals surface area contributed by atoms with Crippen molar-refractivity contribution in [2.75, 3.05) is 0 Å². The third-order valence-electron chi connectivity index (χ3n) is 4.66. The number of carbonyl (C=O) groups excluding carboxylic acids is 3. The summed E-state index contributed by atoms with van der Waals surface area (Å²) in [5, 5.41) is 11.3. The van der Waals surface area contributed by atoms with E-state index in [4.69, 9.17) is 10.9 Å². The third-order valence-corrected chi connectivity index (χ3v) is 4.66. The number of nitrogens with two attached hydrogens (primary N) is 1. The van der Waals surface area contributed by atoms with Crippen molar-refractivity contribution in [3.8, 4) is 0 Å². The normalized spacial score (nSPS) is 14.0. The van der Waals surface area contributed by atoms with Crippen LogP contribution in [0.15, 0.2) is 24.3 Å².